The summed E-state index contributed by atoms with van der Waals surface area (Å²) in [5.74, 6) is -0.823. The highest BCUT2D eigenvalue weighted by Crippen LogP contribution is 2.12. The minimum absolute atomic E-state index is 0.0549. The minimum atomic E-state index is -0.415. The van der Waals surface area contributed by atoms with Crippen molar-refractivity contribution in [1.29, 1.82) is 0 Å². The third kappa shape index (κ3) is 7.27. The van der Waals surface area contributed by atoms with Gasteiger partial charge in [0, 0.05) is 37.2 Å². The molecule has 0 saturated heterocycles. The molecule has 0 aliphatic rings. The van der Waals surface area contributed by atoms with Crippen molar-refractivity contribution >= 4 is 29.2 Å². The second-order valence-corrected chi connectivity index (χ2v) is 6.15. The van der Waals surface area contributed by atoms with E-state index in [4.69, 9.17) is 4.74 Å². The van der Waals surface area contributed by atoms with Gasteiger partial charge >= 0.3 is 5.97 Å². The largest absolute Gasteiger partial charge is 0.465 e. The molecule has 0 aromatic heterocycles. The van der Waals surface area contributed by atoms with Crippen LogP contribution in [-0.4, -0.2) is 51.7 Å². The Balaban J connectivity index is 1.78. The van der Waals surface area contributed by atoms with Crippen molar-refractivity contribution in [2.75, 3.05) is 44.5 Å². The van der Waals surface area contributed by atoms with Gasteiger partial charge in [0.05, 0.1) is 19.2 Å². The van der Waals surface area contributed by atoms with Gasteiger partial charge in [-0.05, 0) is 55.0 Å². The summed E-state index contributed by atoms with van der Waals surface area (Å²) in [5, 5.41) is 8.53. The molecule has 0 saturated carbocycles. The molecule has 0 spiro atoms. The Morgan fingerprint density at radius 2 is 1.48 bits per heavy atom. The number of hydrogen-bond acceptors (Lipinski definition) is 6. The lowest BCUT2D eigenvalue weighted by Gasteiger charge is -2.09. The number of hydrogen-bond donors (Lipinski definition) is 3. The Morgan fingerprint density at radius 1 is 0.862 bits per heavy atom. The highest BCUT2D eigenvalue weighted by molar-refractivity contribution is 5.96. The maximum absolute atomic E-state index is 12.1. The van der Waals surface area contributed by atoms with Crippen molar-refractivity contribution in [3.63, 3.8) is 0 Å². The van der Waals surface area contributed by atoms with E-state index in [1.54, 1.807) is 55.6 Å². The first-order valence-electron chi connectivity index (χ1n) is 9.13. The summed E-state index contributed by atoms with van der Waals surface area (Å²) in [7, 11) is 2.94. The quantitative estimate of drug-likeness (QED) is 0.418. The molecular formula is C21H25N3O5. The van der Waals surface area contributed by atoms with E-state index >= 15 is 0 Å². The summed E-state index contributed by atoms with van der Waals surface area (Å²) in [6.07, 6.45) is 0.745. The van der Waals surface area contributed by atoms with Crippen molar-refractivity contribution in [2.45, 2.75) is 6.42 Å². The molecular weight excluding hydrogens is 374 g/mol. The summed E-state index contributed by atoms with van der Waals surface area (Å²) in [6, 6.07) is 13.3. The summed E-state index contributed by atoms with van der Waals surface area (Å²) >= 11 is 0. The lowest BCUT2D eigenvalue weighted by atomic mass is 10.2. The number of esters is 1. The van der Waals surface area contributed by atoms with Crippen LogP contribution in [0.3, 0.4) is 0 Å². The number of benzene rings is 2. The van der Waals surface area contributed by atoms with Gasteiger partial charge < -0.3 is 25.4 Å². The minimum Gasteiger partial charge on any atom is -0.465 e. The SMILES string of the molecule is COCCCNC(=O)c1ccc(NC(=O)CNc2ccc(C(=O)OC)cc2)cc1. The van der Waals surface area contributed by atoms with Crippen LogP contribution >= 0.6 is 0 Å². The van der Waals surface area contributed by atoms with Crippen LogP contribution in [0.2, 0.25) is 0 Å². The predicted octanol–water partition coefficient (Wildman–Crippen LogP) is 2.29. The molecule has 8 heteroatoms. The number of anilines is 2. The molecule has 0 fully saturated rings. The van der Waals surface area contributed by atoms with Crippen molar-refractivity contribution in [3.05, 3.63) is 59.7 Å². The zero-order valence-electron chi connectivity index (χ0n) is 16.5. The van der Waals surface area contributed by atoms with Gasteiger partial charge in [0.15, 0.2) is 0 Å². The fourth-order valence-electron chi connectivity index (χ4n) is 2.45. The average Bonchev–Trinajstić information content (AvgIpc) is 2.75. The van der Waals surface area contributed by atoms with E-state index < -0.39 is 5.97 Å². The Morgan fingerprint density at radius 3 is 2.10 bits per heavy atom. The monoisotopic (exact) mass is 399 g/mol. The molecule has 8 nitrogen and oxygen atoms in total. The lowest BCUT2D eigenvalue weighted by molar-refractivity contribution is -0.114. The zero-order valence-corrected chi connectivity index (χ0v) is 16.5. The molecule has 154 valence electrons. The maximum atomic E-state index is 12.1. The molecule has 0 heterocycles. The smallest absolute Gasteiger partial charge is 0.337 e. The molecule has 0 aliphatic carbocycles. The molecule has 2 rings (SSSR count). The fourth-order valence-corrected chi connectivity index (χ4v) is 2.45. The maximum Gasteiger partial charge on any atom is 0.337 e. The Kier molecular flexibility index (Phi) is 8.65. The normalized spacial score (nSPS) is 10.1. The Labute approximate surface area is 169 Å². The first-order valence-corrected chi connectivity index (χ1v) is 9.13. The fraction of sp³-hybridized carbons (Fsp3) is 0.286. The van der Waals surface area contributed by atoms with Crippen molar-refractivity contribution < 1.29 is 23.9 Å². The van der Waals surface area contributed by atoms with Gasteiger partial charge in [0.25, 0.3) is 5.91 Å². The van der Waals surface area contributed by atoms with E-state index in [1.165, 1.54) is 7.11 Å². The van der Waals surface area contributed by atoms with Crippen LogP contribution in [0.15, 0.2) is 48.5 Å². The van der Waals surface area contributed by atoms with Crippen LogP contribution < -0.4 is 16.0 Å². The Hall–Kier alpha value is -3.39. The molecule has 2 aromatic rings. The van der Waals surface area contributed by atoms with Crippen LogP contribution in [0.4, 0.5) is 11.4 Å². The Bertz CT molecular complexity index is 819. The molecule has 0 bridgehead atoms. The molecule has 0 atom stereocenters. The number of methoxy groups -OCH3 is 2. The second kappa shape index (κ2) is 11.5. The molecule has 0 aliphatic heterocycles. The topological polar surface area (TPSA) is 106 Å². The first kappa shape index (κ1) is 21.9. The van der Waals surface area contributed by atoms with E-state index in [0.29, 0.717) is 35.7 Å². The molecule has 29 heavy (non-hydrogen) atoms. The molecule has 2 aromatic carbocycles. The van der Waals surface area contributed by atoms with Crippen LogP contribution in [0.5, 0.6) is 0 Å². The number of carbonyl (C=O) groups is 3. The first-order chi connectivity index (χ1) is 14.0. The van der Waals surface area contributed by atoms with E-state index in [1.807, 2.05) is 0 Å². The number of amides is 2. The molecule has 0 radical (unpaired) electrons. The van der Waals surface area contributed by atoms with Crippen molar-refractivity contribution in [1.82, 2.24) is 5.32 Å². The average molecular weight is 399 g/mol. The van der Waals surface area contributed by atoms with Gasteiger partial charge in [0.1, 0.15) is 0 Å². The predicted molar refractivity (Wildman–Crippen MR) is 110 cm³/mol. The van der Waals surface area contributed by atoms with Gasteiger partial charge in [-0.2, -0.15) is 0 Å². The van der Waals surface area contributed by atoms with Gasteiger partial charge in [-0.15, -0.1) is 0 Å². The van der Waals surface area contributed by atoms with Gasteiger partial charge in [-0.1, -0.05) is 0 Å². The van der Waals surface area contributed by atoms with E-state index in [2.05, 4.69) is 20.7 Å². The van der Waals surface area contributed by atoms with Crippen LogP contribution in [0.1, 0.15) is 27.1 Å². The third-order valence-corrected chi connectivity index (χ3v) is 4.00. The van der Waals surface area contributed by atoms with Crippen LogP contribution in [-0.2, 0) is 14.3 Å². The molecule has 0 unspecified atom stereocenters. The summed E-state index contributed by atoms with van der Waals surface area (Å²) < 4.78 is 9.57. The standard InChI is InChI=1S/C21H25N3O5/c1-28-13-3-12-22-20(26)15-4-10-18(11-5-15)24-19(25)14-23-17-8-6-16(7-9-17)21(27)29-2/h4-11,23H,3,12-14H2,1-2H3,(H,22,26)(H,24,25). The van der Waals surface area contributed by atoms with E-state index in [-0.39, 0.29) is 18.4 Å². The summed E-state index contributed by atoms with van der Waals surface area (Å²) in [4.78, 5) is 35.5. The highest BCUT2D eigenvalue weighted by Gasteiger charge is 2.07. The lowest BCUT2D eigenvalue weighted by Crippen LogP contribution is -2.25. The third-order valence-electron chi connectivity index (χ3n) is 4.00. The van der Waals surface area contributed by atoms with Crippen molar-refractivity contribution in [3.8, 4) is 0 Å². The zero-order chi connectivity index (χ0) is 21.1. The van der Waals surface area contributed by atoms with Gasteiger partial charge in [0.2, 0.25) is 5.91 Å². The second-order valence-electron chi connectivity index (χ2n) is 6.15. The number of rotatable bonds is 10. The summed E-state index contributed by atoms with van der Waals surface area (Å²) in [6.45, 7) is 1.19. The van der Waals surface area contributed by atoms with Crippen molar-refractivity contribution in [2.24, 2.45) is 0 Å². The summed E-state index contributed by atoms with van der Waals surface area (Å²) in [5.41, 5.74) is 2.25. The van der Waals surface area contributed by atoms with E-state index in [9.17, 15) is 14.4 Å². The van der Waals surface area contributed by atoms with E-state index in [0.717, 1.165) is 6.42 Å². The number of ether oxygens (including phenoxy) is 2. The molecule has 3 N–H and O–H groups in total. The van der Waals surface area contributed by atoms with Crippen LogP contribution in [0.25, 0.3) is 0 Å². The number of carbonyl (C=O) groups excluding carboxylic acids is 3. The van der Waals surface area contributed by atoms with Gasteiger partial charge in [-0.3, -0.25) is 9.59 Å². The van der Waals surface area contributed by atoms with Gasteiger partial charge in [-0.25, -0.2) is 4.79 Å². The molecule has 2 amide bonds. The highest BCUT2D eigenvalue weighted by atomic mass is 16.5. The number of nitrogens with one attached hydrogen (secondary N) is 3. The van der Waals surface area contributed by atoms with Crippen LogP contribution in [0, 0.1) is 0 Å².